The minimum Gasteiger partial charge on any atom is -0.545 e. The van der Waals surface area contributed by atoms with Gasteiger partial charge in [-0.25, -0.2) is 0 Å². The van der Waals surface area contributed by atoms with Crippen LogP contribution in [-0.4, -0.2) is 17.0 Å². The van der Waals surface area contributed by atoms with E-state index < -0.39 is 11.9 Å². The molecule has 0 saturated carbocycles. The zero-order valence-electron chi connectivity index (χ0n) is 9.47. The molecule has 0 atom stereocenters. The van der Waals surface area contributed by atoms with Gasteiger partial charge in [-0.2, -0.15) is 0 Å². The summed E-state index contributed by atoms with van der Waals surface area (Å²) in [5, 5.41) is 16.8. The first-order chi connectivity index (χ1) is 8.59. The van der Waals surface area contributed by atoms with Gasteiger partial charge in [-0.1, -0.05) is 17.3 Å². The average molecular weight is 245 g/mol. The van der Waals surface area contributed by atoms with E-state index in [2.05, 4.69) is 15.0 Å². The van der Waals surface area contributed by atoms with E-state index in [-0.39, 0.29) is 17.0 Å². The second kappa shape index (κ2) is 4.70. The third-order valence-electron chi connectivity index (χ3n) is 2.39. The Bertz CT molecular complexity index is 590. The quantitative estimate of drug-likeness (QED) is 0.854. The van der Waals surface area contributed by atoms with Gasteiger partial charge in [0.15, 0.2) is 0 Å². The predicted octanol–water partition coefficient (Wildman–Crippen LogP) is 0.599. The van der Waals surface area contributed by atoms with Gasteiger partial charge in [-0.15, -0.1) is 0 Å². The Balaban J connectivity index is 2.32. The van der Waals surface area contributed by atoms with Crippen molar-refractivity contribution >= 4 is 17.6 Å². The zero-order chi connectivity index (χ0) is 13.1. The van der Waals surface area contributed by atoms with E-state index in [4.69, 9.17) is 0 Å². The smallest absolute Gasteiger partial charge is 0.294 e. The Kier molecular flexibility index (Phi) is 3.09. The van der Waals surface area contributed by atoms with Gasteiger partial charge in [-0.05, 0) is 18.6 Å². The largest absolute Gasteiger partial charge is 0.545 e. The molecule has 2 rings (SSSR count). The van der Waals surface area contributed by atoms with Crippen LogP contribution in [0.25, 0.3) is 0 Å². The number of carboxylic acid groups (broad SMARTS) is 1. The molecule has 2 aromatic rings. The third kappa shape index (κ3) is 2.22. The number of aromatic carboxylic acids is 1. The van der Waals surface area contributed by atoms with E-state index in [1.165, 1.54) is 18.3 Å². The molecule has 0 radical (unpaired) electrons. The topological polar surface area (TPSA) is 95.3 Å². The van der Waals surface area contributed by atoms with Gasteiger partial charge < -0.3 is 19.7 Å². The van der Waals surface area contributed by atoms with Crippen LogP contribution in [0.4, 0.5) is 5.69 Å². The molecule has 1 amide bonds. The number of hydrogen-bond donors (Lipinski definition) is 1. The number of anilines is 1. The monoisotopic (exact) mass is 245 g/mol. The van der Waals surface area contributed by atoms with Gasteiger partial charge in [0.05, 0.1) is 17.9 Å². The molecule has 0 saturated heterocycles. The number of rotatable bonds is 3. The standard InChI is InChI=1S/C12H10N2O4/c1-7-3-2-4-8(10(7)12(16)17)14-11(15)9-5-6-13-18-9/h2-6H,1H3,(H,14,15)(H,16,17)/p-1. The SMILES string of the molecule is Cc1cccc(NC(=O)c2ccno2)c1C(=O)[O-]. The Morgan fingerprint density at radius 3 is 2.72 bits per heavy atom. The number of hydrogen-bond acceptors (Lipinski definition) is 5. The van der Waals surface area contributed by atoms with Crippen molar-refractivity contribution in [2.45, 2.75) is 6.92 Å². The molecule has 0 aliphatic carbocycles. The summed E-state index contributed by atoms with van der Waals surface area (Å²) >= 11 is 0. The van der Waals surface area contributed by atoms with Crippen LogP contribution in [0.3, 0.4) is 0 Å². The first-order valence-corrected chi connectivity index (χ1v) is 5.12. The van der Waals surface area contributed by atoms with Crippen LogP contribution in [0.5, 0.6) is 0 Å². The zero-order valence-corrected chi connectivity index (χ0v) is 9.47. The van der Waals surface area contributed by atoms with Crippen LogP contribution >= 0.6 is 0 Å². The lowest BCUT2D eigenvalue weighted by Crippen LogP contribution is -2.25. The van der Waals surface area contributed by atoms with Gasteiger partial charge >= 0.3 is 0 Å². The summed E-state index contributed by atoms with van der Waals surface area (Å²) in [5.41, 5.74) is 0.618. The molecular weight excluding hydrogens is 236 g/mol. The molecule has 1 N–H and O–H groups in total. The molecule has 0 aliphatic heterocycles. The first kappa shape index (κ1) is 11.8. The molecule has 6 nitrogen and oxygen atoms in total. The molecule has 1 aromatic heterocycles. The van der Waals surface area contributed by atoms with Crippen LogP contribution in [-0.2, 0) is 0 Å². The fourth-order valence-corrected chi connectivity index (χ4v) is 1.56. The number of nitrogens with one attached hydrogen (secondary N) is 1. The summed E-state index contributed by atoms with van der Waals surface area (Å²) in [5.74, 6) is -1.91. The second-order valence-electron chi connectivity index (χ2n) is 3.62. The highest BCUT2D eigenvalue weighted by Gasteiger charge is 2.13. The number of benzene rings is 1. The van der Waals surface area contributed by atoms with Gasteiger partial charge in [0, 0.05) is 11.6 Å². The Hall–Kier alpha value is -2.63. The number of carbonyl (C=O) groups is 2. The lowest BCUT2D eigenvalue weighted by molar-refractivity contribution is -0.254. The van der Waals surface area contributed by atoms with Gasteiger partial charge in [0.2, 0.25) is 5.76 Å². The fourth-order valence-electron chi connectivity index (χ4n) is 1.56. The van der Waals surface area contributed by atoms with Crippen molar-refractivity contribution in [2.24, 2.45) is 0 Å². The highest BCUT2D eigenvalue weighted by Crippen LogP contribution is 2.19. The molecule has 0 spiro atoms. The van der Waals surface area contributed by atoms with Crippen molar-refractivity contribution in [3.05, 3.63) is 47.3 Å². The molecule has 1 aromatic carbocycles. The van der Waals surface area contributed by atoms with Crippen molar-refractivity contribution < 1.29 is 19.2 Å². The van der Waals surface area contributed by atoms with E-state index in [0.29, 0.717) is 5.56 Å². The summed E-state index contributed by atoms with van der Waals surface area (Å²) in [6.45, 7) is 1.62. The highest BCUT2D eigenvalue weighted by molar-refractivity contribution is 6.06. The van der Waals surface area contributed by atoms with E-state index in [1.807, 2.05) is 0 Å². The van der Waals surface area contributed by atoms with E-state index in [0.717, 1.165) is 0 Å². The maximum atomic E-state index is 11.7. The van der Waals surface area contributed by atoms with Gasteiger partial charge in [0.1, 0.15) is 0 Å². The lowest BCUT2D eigenvalue weighted by atomic mass is 10.1. The molecule has 0 aliphatic rings. The number of nitrogens with zero attached hydrogens (tertiary/aromatic N) is 1. The average Bonchev–Trinajstić information content (AvgIpc) is 2.81. The number of aryl methyl sites for hydroxylation is 1. The van der Waals surface area contributed by atoms with E-state index >= 15 is 0 Å². The molecule has 0 bridgehead atoms. The van der Waals surface area contributed by atoms with Crippen LogP contribution in [0.15, 0.2) is 35.0 Å². The van der Waals surface area contributed by atoms with Gasteiger partial charge in [-0.3, -0.25) is 4.79 Å². The Morgan fingerprint density at radius 1 is 1.33 bits per heavy atom. The Labute approximate surface area is 102 Å². The maximum Gasteiger partial charge on any atom is 0.294 e. The maximum absolute atomic E-state index is 11.7. The number of carbonyl (C=O) groups excluding carboxylic acids is 2. The summed E-state index contributed by atoms with van der Waals surface area (Å²) in [6.07, 6.45) is 1.32. The Morgan fingerprint density at radius 2 is 2.11 bits per heavy atom. The number of aromatic nitrogens is 1. The van der Waals surface area contributed by atoms with Crippen LogP contribution in [0.1, 0.15) is 26.5 Å². The van der Waals surface area contributed by atoms with Crippen molar-refractivity contribution in [3.63, 3.8) is 0 Å². The van der Waals surface area contributed by atoms with Crippen molar-refractivity contribution in [1.29, 1.82) is 0 Å². The van der Waals surface area contributed by atoms with Crippen LogP contribution in [0.2, 0.25) is 0 Å². The molecule has 92 valence electrons. The summed E-state index contributed by atoms with van der Waals surface area (Å²) < 4.78 is 4.67. The third-order valence-corrected chi connectivity index (χ3v) is 2.39. The van der Waals surface area contributed by atoms with Crippen LogP contribution < -0.4 is 10.4 Å². The van der Waals surface area contributed by atoms with Gasteiger partial charge in [0.25, 0.3) is 5.91 Å². The van der Waals surface area contributed by atoms with Crippen molar-refractivity contribution in [2.75, 3.05) is 5.32 Å². The lowest BCUT2D eigenvalue weighted by Gasteiger charge is -2.13. The molecular formula is C12H9N2O4-. The normalized spacial score (nSPS) is 10.1. The number of carboxylic acids is 1. The van der Waals surface area contributed by atoms with Crippen LogP contribution in [0, 0.1) is 6.92 Å². The van der Waals surface area contributed by atoms with Crippen molar-refractivity contribution in [1.82, 2.24) is 5.16 Å². The minimum atomic E-state index is -1.35. The molecule has 0 unspecified atom stereocenters. The molecule has 1 heterocycles. The highest BCUT2D eigenvalue weighted by atomic mass is 16.5. The van der Waals surface area contributed by atoms with Crippen molar-refractivity contribution in [3.8, 4) is 0 Å². The summed E-state index contributed by atoms with van der Waals surface area (Å²) in [6, 6.07) is 6.11. The molecule has 6 heteroatoms. The summed E-state index contributed by atoms with van der Waals surface area (Å²) in [7, 11) is 0. The predicted molar refractivity (Wildman–Crippen MR) is 60.0 cm³/mol. The fraction of sp³-hybridized carbons (Fsp3) is 0.0833. The second-order valence-corrected chi connectivity index (χ2v) is 3.62. The number of amides is 1. The summed E-state index contributed by atoms with van der Waals surface area (Å²) in [4.78, 5) is 22.7. The van der Waals surface area contributed by atoms with E-state index in [1.54, 1.807) is 19.1 Å². The molecule has 18 heavy (non-hydrogen) atoms. The molecule has 0 fully saturated rings. The minimum absolute atomic E-state index is 0.000745. The van der Waals surface area contributed by atoms with E-state index in [9.17, 15) is 14.7 Å². The first-order valence-electron chi connectivity index (χ1n) is 5.12.